The third-order valence-corrected chi connectivity index (χ3v) is 8.20. The number of aromatic nitrogens is 4. The van der Waals surface area contributed by atoms with Crippen molar-refractivity contribution in [2.75, 3.05) is 38.6 Å². The number of hydrogen-bond donors (Lipinski definition) is 1. The third-order valence-electron chi connectivity index (χ3n) is 8.20. The van der Waals surface area contributed by atoms with E-state index < -0.39 is 11.4 Å². The van der Waals surface area contributed by atoms with Crippen molar-refractivity contribution in [2.45, 2.75) is 38.4 Å². The summed E-state index contributed by atoms with van der Waals surface area (Å²) in [7, 11) is 0. The van der Waals surface area contributed by atoms with E-state index in [0.29, 0.717) is 61.0 Å². The number of ether oxygens (including phenoxy) is 2. The second-order valence-electron chi connectivity index (χ2n) is 11.4. The molecular weight excluding hydrogens is 563 g/mol. The molecule has 4 heterocycles. The molecular formula is C32H33FN8O3. The van der Waals surface area contributed by atoms with Gasteiger partial charge in [0.25, 0.3) is 5.91 Å². The van der Waals surface area contributed by atoms with Crippen LogP contribution in [0.15, 0.2) is 66.5 Å². The van der Waals surface area contributed by atoms with Gasteiger partial charge < -0.3 is 20.1 Å². The van der Waals surface area contributed by atoms with Crippen LogP contribution in [0.2, 0.25) is 0 Å². The lowest BCUT2D eigenvalue weighted by Gasteiger charge is -2.42. The van der Waals surface area contributed by atoms with Gasteiger partial charge in [0, 0.05) is 36.8 Å². The quantitative estimate of drug-likeness (QED) is 0.235. The van der Waals surface area contributed by atoms with Crippen LogP contribution in [0.5, 0.6) is 11.5 Å². The Morgan fingerprint density at radius 2 is 1.93 bits per heavy atom. The van der Waals surface area contributed by atoms with E-state index in [1.165, 1.54) is 12.4 Å². The highest BCUT2D eigenvalue weighted by Crippen LogP contribution is 2.35. The smallest absolute Gasteiger partial charge is 0.264 e. The van der Waals surface area contributed by atoms with Crippen LogP contribution in [-0.4, -0.2) is 79.9 Å². The summed E-state index contributed by atoms with van der Waals surface area (Å²) >= 11 is 0. The number of anilines is 1. The lowest BCUT2D eigenvalue weighted by atomic mass is 9.96. The number of carbonyl (C=O) groups excluding carboxylic acids is 1. The molecule has 2 aromatic heterocycles. The zero-order chi connectivity index (χ0) is 30.8. The first kappa shape index (κ1) is 29.2. The fourth-order valence-corrected chi connectivity index (χ4v) is 5.70. The van der Waals surface area contributed by atoms with Crippen molar-refractivity contribution in [2.24, 2.45) is 0 Å². The molecule has 0 unspecified atom stereocenters. The Morgan fingerprint density at radius 3 is 2.61 bits per heavy atom. The Bertz CT molecular complexity index is 1760. The van der Waals surface area contributed by atoms with Gasteiger partial charge in [-0.25, -0.2) is 19.0 Å². The fraction of sp³-hybridized carbons (Fsp3) is 0.344. The summed E-state index contributed by atoms with van der Waals surface area (Å²) < 4.78 is 28.4. The van der Waals surface area contributed by atoms with E-state index in [9.17, 15) is 10.1 Å². The number of morpholine rings is 1. The molecule has 4 aromatic rings. The van der Waals surface area contributed by atoms with Crippen LogP contribution in [0.4, 0.5) is 10.2 Å². The number of para-hydroxylation sites is 1. The van der Waals surface area contributed by atoms with Crippen molar-refractivity contribution >= 4 is 22.8 Å². The average Bonchev–Trinajstić information content (AvgIpc) is 3.38. The molecule has 0 aliphatic carbocycles. The minimum absolute atomic E-state index is 0.101. The number of nitrogen functional groups attached to an aromatic ring is 1. The number of halogens is 1. The van der Waals surface area contributed by atoms with Crippen LogP contribution in [0.25, 0.3) is 22.3 Å². The number of carbonyl (C=O) groups is 1. The van der Waals surface area contributed by atoms with Crippen LogP contribution in [0.3, 0.4) is 0 Å². The summed E-state index contributed by atoms with van der Waals surface area (Å²) in [6.45, 7) is 7.49. The zero-order valence-electron chi connectivity index (χ0n) is 24.6. The number of fused-ring (bicyclic) bond motifs is 1. The lowest BCUT2D eigenvalue weighted by molar-refractivity contribution is -0.134. The molecule has 44 heavy (non-hydrogen) atoms. The largest absolute Gasteiger partial charge is 0.457 e. The van der Waals surface area contributed by atoms with Crippen molar-refractivity contribution in [3.05, 3.63) is 72.3 Å². The molecule has 2 aliphatic heterocycles. The standard InChI is InChI=1S/C32H33FN8O3/c1-32(2,39-12-14-43-15-13-39)17-21(18-34)31(42)40-11-10-22(40)19-41-30-27(29(35)36-20-37-30)28(38-41)25-9-8-24(16-26(25)33)44-23-6-4-3-5-7-23/h3-9,16-17,20,22H,10-15,19H2,1-2H3,(H2,35,36,37)/b21-17-/t22-/m0/s1. The maximum Gasteiger partial charge on any atom is 0.264 e. The Labute approximate surface area is 254 Å². The van der Waals surface area contributed by atoms with E-state index in [2.05, 4.69) is 20.9 Å². The topological polar surface area (TPSA) is 135 Å². The first-order chi connectivity index (χ1) is 21.2. The molecule has 2 fully saturated rings. The van der Waals surface area contributed by atoms with Crippen molar-refractivity contribution < 1.29 is 18.7 Å². The predicted molar refractivity (Wildman–Crippen MR) is 162 cm³/mol. The molecule has 0 bridgehead atoms. The Morgan fingerprint density at radius 1 is 1.16 bits per heavy atom. The molecule has 6 rings (SSSR count). The highest BCUT2D eigenvalue weighted by Gasteiger charge is 2.37. The van der Waals surface area contributed by atoms with E-state index in [0.717, 1.165) is 13.1 Å². The second-order valence-corrected chi connectivity index (χ2v) is 11.4. The number of nitriles is 1. The number of nitrogens with zero attached hydrogens (tertiary/aromatic N) is 7. The van der Waals surface area contributed by atoms with Gasteiger partial charge in [0.15, 0.2) is 5.65 Å². The normalized spacial score (nSPS) is 17.7. The van der Waals surface area contributed by atoms with E-state index in [-0.39, 0.29) is 28.9 Å². The lowest BCUT2D eigenvalue weighted by Crippen LogP contribution is -2.54. The summed E-state index contributed by atoms with van der Waals surface area (Å²) in [5.41, 5.74) is 6.81. The van der Waals surface area contributed by atoms with Gasteiger partial charge in [-0.15, -0.1) is 0 Å². The van der Waals surface area contributed by atoms with Crippen molar-refractivity contribution in [3.8, 4) is 28.8 Å². The van der Waals surface area contributed by atoms with Crippen molar-refractivity contribution in [3.63, 3.8) is 0 Å². The maximum atomic E-state index is 15.5. The minimum Gasteiger partial charge on any atom is -0.457 e. The van der Waals surface area contributed by atoms with Gasteiger partial charge in [-0.1, -0.05) is 18.2 Å². The monoisotopic (exact) mass is 596 g/mol. The Balaban J connectivity index is 1.25. The SMILES string of the molecule is CC(C)(/C=C(/C#N)C(=O)N1CC[C@H]1Cn1nc(-c2ccc(Oc3ccccc3)cc2F)c2c(N)ncnc21)N1CCOCC1. The molecule has 0 spiro atoms. The highest BCUT2D eigenvalue weighted by atomic mass is 19.1. The summed E-state index contributed by atoms with van der Waals surface area (Å²) in [4.78, 5) is 25.9. The number of amides is 1. The number of likely N-dealkylation sites (tertiary alicyclic amines) is 1. The van der Waals surface area contributed by atoms with Gasteiger partial charge >= 0.3 is 0 Å². The van der Waals surface area contributed by atoms with Crippen LogP contribution in [0.1, 0.15) is 20.3 Å². The Hall–Kier alpha value is -4.86. The molecule has 226 valence electrons. The molecule has 1 atom stereocenters. The summed E-state index contributed by atoms with van der Waals surface area (Å²) in [6.07, 6.45) is 3.80. The minimum atomic E-state index is -0.541. The summed E-state index contributed by atoms with van der Waals surface area (Å²) in [5, 5.41) is 15.1. The molecule has 12 heteroatoms. The van der Waals surface area contributed by atoms with Crippen LogP contribution < -0.4 is 10.5 Å². The predicted octanol–water partition coefficient (Wildman–Crippen LogP) is 4.17. The fourth-order valence-electron chi connectivity index (χ4n) is 5.70. The van der Waals surface area contributed by atoms with E-state index in [1.807, 2.05) is 32.0 Å². The summed E-state index contributed by atoms with van der Waals surface area (Å²) in [5.74, 6) is 0.232. The van der Waals surface area contributed by atoms with Crippen LogP contribution in [-0.2, 0) is 16.1 Å². The average molecular weight is 597 g/mol. The van der Waals surface area contributed by atoms with E-state index >= 15 is 4.39 Å². The van der Waals surface area contributed by atoms with Gasteiger partial charge in [-0.2, -0.15) is 10.4 Å². The van der Waals surface area contributed by atoms with Gasteiger partial charge in [-0.05, 0) is 50.6 Å². The molecule has 2 aliphatic rings. The van der Waals surface area contributed by atoms with E-state index in [4.69, 9.17) is 20.3 Å². The Kier molecular flexibility index (Phi) is 7.99. The molecule has 0 saturated carbocycles. The van der Waals surface area contributed by atoms with Crippen molar-refractivity contribution in [1.29, 1.82) is 5.26 Å². The third kappa shape index (κ3) is 5.71. The second kappa shape index (κ2) is 12.0. The molecule has 2 saturated heterocycles. The first-order valence-electron chi connectivity index (χ1n) is 14.5. The van der Waals surface area contributed by atoms with Gasteiger partial charge in [-0.3, -0.25) is 9.69 Å². The molecule has 11 nitrogen and oxygen atoms in total. The van der Waals surface area contributed by atoms with Gasteiger partial charge in [0.2, 0.25) is 0 Å². The zero-order valence-corrected chi connectivity index (χ0v) is 24.6. The maximum absolute atomic E-state index is 15.5. The number of benzene rings is 2. The number of nitrogens with two attached hydrogens (primary N) is 1. The van der Waals surface area contributed by atoms with Gasteiger partial charge in [0.05, 0.1) is 31.2 Å². The van der Waals surface area contributed by atoms with Crippen LogP contribution in [0, 0.1) is 17.1 Å². The molecule has 2 aromatic carbocycles. The highest BCUT2D eigenvalue weighted by molar-refractivity contribution is 5.99. The van der Waals surface area contributed by atoms with E-state index in [1.54, 1.807) is 39.9 Å². The molecule has 1 amide bonds. The van der Waals surface area contributed by atoms with Crippen molar-refractivity contribution in [1.82, 2.24) is 29.5 Å². The summed E-state index contributed by atoms with van der Waals surface area (Å²) in [6, 6.07) is 15.6. The first-order valence-corrected chi connectivity index (χ1v) is 14.5. The number of hydrogen-bond acceptors (Lipinski definition) is 9. The van der Waals surface area contributed by atoms with Crippen LogP contribution >= 0.6 is 0 Å². The molecule has 2 N–H and O–H groups in total. The number of rotatable bonds is 8. The van der Waals surface area contributed by atoms with Gasteiger partial charge in [0.1, 0.15) is 46.8 Å². The molecule has 0 radical (unpaired) electrons.